The molecule has 2 aromatic rings. The molecule has 2 N–H and O–H groups in total. The van der Waals surface area contributed by atoms with Gasteiger partial charge in [-0.2, -0.15) is 4.98 Å². The first kappa shape index (κ1) is 14.5. The van der Waals surface area contributed by atoms with Crippen LogP contribution in [0.5, 0.6) is 0 Å². The number of aliphatic hydroxyl groups is 1. The number of benzene rings is 1. The zero-order valence-corrected chi connectivity index (χ0v) is 11.5. The van der Waals surface area contributed by atoms with E-state index in [1.54, 1.807) is 0 Å². The van der Waals surface area contributed by atoms with Crippen LogP contribution in [-0.4, -0.2) is 41.6 Å². The molecule has 1 aromatic carbocycles. The predicted octanol–water partition coefficient (Wildman–Crippen LogP) is 1.72. The van der Waals surface area contributed by atoms with E-state index in [2.05, 4.69) is 15.5 Å². The number of nitrogens with one attached hydrogen (secondary N) is 1. The minimum absolute atomic E-state index is 0.106. The van der Waals surface area contributed by atoms with Gasteiger partial charge in [-0.25, -0.2) is 0 Å². The summed E-state index contributed by atoms with van der Waals surface area (Å²) in [5, 5.41) is 15.7. The van der Waals surface area contributed by atoms with Crippen LogP contribution in [-0.2, 0) is 11.2 Å². The van der Waals surface area contributed by atoms with Crippen LogP contribution in [0.4, 0.5) is 5.69 Å². The summed E-state index contributed by atoms with van der Waals surface area (Å²) in [4.78, 5) is 4.33. The molecule has 0 spiro atoms. The number of hydrogen-bond acceptors (Lipinski definition) is 6. The molecule has 108 valence electrons. The average Bonchev–Trinajstić information content (AvgIpc) is 2.95. The fourth-order valence-corrected chi connectivity index (χ4v) is 1.71. The van der Waals surface area contributed by atoms with Crippen LogP contribution in [0.3, 0.4) is 0 Å². The van der Waals surface area contributed by atoms with Gasteiger partial charge in [0.2, 0.25) is 0 Å². The summed E-state index contributed by atoms with van der Waals surface area (Å²) in [6.45, 7) is 3.87. The monoisotopic (exact) mass is 277 g/mol. The number of rotatable bonds is 8. The lowest BCUT2D eigenvalue weighted by atomic mass is 10.2. The van der Waals surface area contributed by atoms with Crippen molar-refractivity contribution in [2.75, 3.05) is 31.7 Å². The number of anilines is 1. The van der Waals surface area contributed by atoms with Crippen molar-refractivity contribution in [2.24, 2.45) is 0 Å². The first-order valence-electron chi connectivity index (χ1n) is 6.69. The molecular weight excluding hydrogens is 258 g/mol. The first-order chi connectivity index (χ1) is 9.83. The second-order valence-corrected chi connectivity index (χ2v) is 4.19. The van der Waals surface area contributed by atoms with Crippen LogP contribution in [0.1, 0.15) is 12.7 Å². The van der Waals surface area contributed by atoms with Gasteiger partial charge in [0.15, 0.2) is 5.82 Å². The van der Waals surface area contributed by atoms with Gasteiger partial charge in [-0.15, -0.1) is 0 Å². The molecule has 1 heterocycles. The van der Waals surface area contributed by atoms with E-state index in [0.717, 1.165) is 11.3 Å². The quantitative estimate of drug-likeness (QED) is 0.715. The van der Waals surface area contributed by atoms with Crippen molar-refractivity contribution < 1.29 is 14.4 Å². The lowest BCUT2D eigenvalue weighted by molar-refractivity contribution is 0.149. The Morgan fingerprint density at radius 1 is 1.30 bits per heavy atom. The molecule has 2 rings (SSSR count). The molecule has 0 bridgehead atoms. The summed E-state index contributed by atoms with van der Waals surface area (Å²) >= 11 is 0. The highest BCUT2D eigenvalue weighted by atomic mass is 16.5. The SMILES string of the molecule is CCOCCc1noc(-c2ccc(NCCO)cc2)n1. The highest BCUT2D eigenvalue weighted by Crippen LogP contribution is 2.19. The molecule has 0 unspecified atom stereocenters. The maximum absolute atomic E-state index is 8.75. The van der Waals surface area contributed by atoms with Crippen molar-refractivity contribution in [2.45, 2.75) is 13.3 Å². The molecule has 0 aliphatic heterocycles. The van der Waals surface area contributed by atoms with E-state index in [1.165, 1.54) is 0 Å². The van der Waals surface area contributed by atoms with Gasteiger partial charge in [0.25, 0.3) is 5.89 Å². The summed E-state index contributed by atoms with van der Waals surface area (Å²) in [5.41, 5.74) is 1.81. The highest BCUT2D eigenvalue weighted by molar-refractivity contribution is 5.58. The van der Waals surface area contributed by atoms with E-state index in [4.69, 9.17) is 14.4 Å². The van der Waals surface area contributed by atoms with Gasteiger partial charge < -0.3 is 19.7 Å². The van der Waals surface area contributed by atoms with E-state index in [-0.39, 0.29) is 6.61 Å². The Bertz CT molecular complexity index is 511. The van der Waals surface area contributed by atoms with E-state index in [9.17, 15) is 0 Å². The van der Waals surface area contributed by atoms with Gasteiger partial charge in [-0.3, -0.25) is 0 Å². The summed E-state index contributed by atoms with van der Waals surface area (Å²) in [6, 6.07) is 7.63. The van der Waals surface area contributed by atoms with Gasteiger partial charge in [0.1, 0.15) is 0 Å². The van der Waals surface area contributed by atoms with Crippen LogP contribution < -0.4 is 5.32 Å². The normalized spacial score (nSPS) is 10.7. The highest BCUT2D eigenvalue weighted by Gasteiger charge is 2.08. The topological polar surface area (TPSA) is 80.4 Å². The minimum atomic E-state index is 0.106. The fourth-order valence-electron chi connectivity index (χ4n) is 1.71. The van der Waals surface area contributed by atoms with Crippen LogP contribution >= 0.6 is 0 Å². The molecule has 0 amide bonds. The molecular formula is C14H19N3O3. The Morgan fingerprint density at radius 2 is 2.10 bits per heavy atom. The maximum atomic E-state index is 8.75. The molecule has 6 nitrogen and oxygen atoms in total. The standard InChI is InChI=1S/C14H19N3O3/c1-2-19-10-7-13-16-14(20-17-13)11-3-5-12(6-4-11)15-8-9-18/h3-6,15,18H,2,7-10H2,1H3. The third-order valence-electron chi connectivity index (χ3n) is 2.71. The Kier molecular flexibility index (Phi) is 5.52. The molecule has 0 aliphatic carbocycles. The zero-order chi connectivity index (χ0) is 14.2. The third kappa shape index (κ3) is 4.04. The molecule has 0 fully saturated rings. The van der Waals surface area contributed by atoms with E-state index in [0.29, 0.717) is 37.9 Å². The third-order valence-corrected chi connectivity index (χ3v) is 2.71. The molecule has 20 heavy (non-hydrogen) atoms. The number of hydrogen-bond donors (Lipinski definition) is 2. The van der Waals surface area contributed by atoms with Gasteiger partial charge in [0, 0.05) is 30.8 Å². The summed E-state index contributed by atoms with van der Waals surface area (Å²) in [6.07, 6.45) is 0.646. The van der Waals surface area contributed by atoms with Crippen molar-refractivity contribution in [3.05, 3.63) is 30.1 Å². The Labute approximate surface area is 117 Å². The van der Waals surface area contributed by atoms with Crippen LogP contribution in [0, 0.1) is 0 Å². The minimum Gasteiger partial charge on any atom is -0.395 e. The number of aliphatic hydroxyl groups excluding tert-OH is 1. The summed E-state index contributed by atoms with van der Waals surface area (Å²) < 4.78 is 10.5. The molecule has 1 aromatic heterocycles. The number of ether oxygens (including phenoxy) is 1. The fraction of sp³-hybridized carbons (Fsp3) is 0.429. The largest absolute Gasteiger partial charge is 0.395 e. The molecule has 0 saturated carbocycles. The molecule has 0 saturated heterocycles. The molecule has 0 atom stereocenters. The van der Waals surface area contributed by atoms with Crippen molar-refractivity contribution in [3.8, 4) is 11.5 Å². The Hall–Kier alpha value is -1.92. The smallest absolute Gasteiger partial charge is 0.257 e. The summed E-state index contributed by atoms with van der Waals surface area (Å²) in [7, 11) is 0. The van der Waals surface area contributed by atoms with Gasteiger partial charge >= 0.3 is 0 Å². The Morgan fingerprint density at radius 3 is 2.80 bits per heavy atom. The number of nitrogens with zero attached hydrogens (tertiary/aromatic N) is 2. The average molecular weight is 277 g/mol. The molecule has 6 heteroatoms. The van der Waals surface area contributed by atoms with E-state index in [1.807, 2.05) is 31.2 Å². The van der Waals surface area contributed by atoms with E-state index < -0.39 is 0 Å². The first-order valence-corrected chi connectivity index (χ1v) is 6.69. The maximum Gasteiger partial charge on any atom is 0.257 e. The molecule has 0 aliphatic rings. The predicted molar refractivity (Wildman–Crippen MR) is 75.5 cm³/mol. The Balaban J connectivity index is 1.97. The molecule has 0 radical (unpaired) electrons. The van der Waals surface area contributed by atoms with Crippen molar-refractivity contribution in [1.82, 2.24) is 10.1 Å². The lowest BCUT2D eigenvalue weighted by Crippen LogP contribution is -2.04. The zero-order valence-electron chi connectivity index (χ0n) is 11.5. The van der Waals surface area contributed by atoms with Crippen molar-refractivity contribution in [1.29, 1.82) is 0 Å². The lowest BCUT2D eigenvalue weighted by Gasteiger charge is -2.03. The van der Waals surface area contributed by atoms with Crippen LogP contribution in [0.15, 0.2) is 28.8 Å². The van der Waals surface area contributed by atoms with Gasteiger partial charge in [0.05, 0.1) is 13.2 Å². The van der Waals surface area contributed by atoms with Crippen LogP contribution in [0.2, 0.25) is 0 Å². The van der Waals surface area contributed by atoms with Gasteiger partial charge in [-0.1, -0.05) is 5.16 Å². The van der Waals surface area contributed by atoms with Crippen LogP contribution in [0.25, 0.3) is 11.5 Å². The summed E-state index contributed by atoms with van der Waals surface area (Å²) in [5.74, 6) is 1.15. The van der Waals surface area contributed by atoms with Crippen molar-refractivity contribution in [3.63, 3.8) is 0 Å². The second-order valence-electron chi connectivity index (χ2n) is 4.19. The van der Waals surface area contributed by atoms with Gasteiger partial charge in [-0.05, 0) is 31.2 Å². The van der Waals surface area contributed by atoms with E-state index >= 15 is 0 Å². The second kappa shape index (κ2) is 7.62. The van der Waals surface area contributed by atoms with Crippen molar-refractivity contribution >= 4 is 5.69 Å². The number of aromatic nitrogens is 2.